The minimum atomic E-state index is -0.311. The molecule has 1 amide bonds. The van der Waals surface area contributed by atoms with Crippen LogP contribution < -0.4 is 15.7 Å². The number of aromatic amines is 2. The van der Waals surface area contributed by atoms with Crippen molar-refractivity contribution in [3.05, 3.63) is 70.2 Å². The molecule has 0 aliphatic carbocycles. The molecule has 0 saturated heterocycles. The van der Waals surface area contributed by atoms with E-state index in [1.54, 1.807) is 49.4 Å². The van der Waals surface area contributed by atoms with Gasteiger partial charge in [-0.3, -0.25) is 4.79 Å². The third-order valence-corrected chi connectivity index (χ3v) is 3.83. The van der Waals surface area contributed by atoms with Gasteiger partial charge in [0.1, 0.15) is 5.75 Å². The number of ether oxygens (including phenoxy) is 1. The van der Waals surface area contributed by atoms with Crippen molar-refractivity contribution >= 4 is 22.6 Å². The molecule has 0 aliphatic heterocycles. The summed E-state index contributed by atoms with van der Waals surface area (Å²) in [6.45, 7) is 1.90. The van der Waals surface area contributed by atoms with E-state index in [-0.39, 0.29) is 18.2 Å². The largest absolute Gasteiger partial charge is 0.485 e. The summed E-state index contributed by atoms with van der Waals surface area (Å²) >= 11 is 0. The first-order valence-electron chi connectivity index (χ1n) is 8.12. The molecule has 0 unspecified atom stereocenters. The van der Waals surface area contributed by atoms with Gasteiger partial charge in [0.2, 0.25) is 11.7 Å². The van der Waals surface area contributed by atoms with Crippen LogP contribution in [0.4, 0.5) is 5.69 Å². The SMILES string of the molecule is Cc1nc(COc2ccc(NC(=O)c3ccc4[nH]c(=O)[nH]c4c3)cc2)no1. The van der Waals surface area contributed by atoms with Gasteiger partial charge in [0.15, 0.2) is 6.61 Å². The average molecular weight is 365 g/mol. The van der Waals surface area contributed by atoms with Crippen molar-refractivity contribution in [1.29, 1.82) is 0 Å². The number of rotatable bonds is 5. The van der Waals surface area contributed by atoms with Gasteiger partial charge in [0.25, 0.3) is 5.91 Å². The van der Waals surface area contributed by atoms with Crippen molar-refractivity contribution in [3.63, 3.8) is 0 Å². The second-order valence-corrected chi connectivity index (χ2v) is 5.84. The minimum absolute atomic E-state index is 0.192. The third-order valence-electron chi connectivity index (χ3n) is 3.83. The number of imidazole rings is 1. The first-order chi connectivity index (χ1) is 13.1. The topological polar surface area (TPSA) is 126 Å². The number of hydrogen-bond acceptors (Lipinski definition) is 6. The smallest absolute Gasteiger partial charge is 0.323 e. The lowest BCUT2D eigenvalue weighted by Gasteiger charge is -2.07. The summed E-state index contributed by atoms with van der Waals surface area (Å²) in [6, 6.07) is 11.9. The number of aromatic nitrogens is 4. The number of carbonyl (C=O) groups excluding carboxylic acids is 1. The molecular weight excluding hydrogens is 350 g/mol. The summed E-state index contributed by atoms with van der Waals surface area (Å²) in [6.07, 6.45) is 0. The summed E-state index contributed by atoms with van der Waals surface area (Å²) in [5, 5.41) is 6.55. The van der Waals surface area contributed by atoms with Gasteiger partial charge in [-0.05, 0) is 42.5 Å². The molecule has 0 saturated carbocycles. The predicted octanol–water partition coefficient (Wildman–Crippen LogP) is 2.38. The molecule has 4 rings (SSSR count). The molecule has 136 valence electrons. The fourth-order valence-corrected chi connectivity index (χ4v) is 2.56. The molecule has 4 aromatic rings. The first-order valence-corrected chi connectivity index (χ1v) is 8.12. The lowest BCUT2D eigenvalue weighted by atomic mass is 10.2. The summed E-state index contributed by atoms with van der Waals surface area (Å²) in [5.74, 6) is 1.27. The van der Waals surface area contributed by atoms with Gasteiger partial charge in [-0.1, -0.05) is 5.16 Å². The molecule has 0 atom stereocenters. The molecule has 0 fully saturated rings. The van der Waals surface area contributed by atoms with E-state index in [4.69, 9.17) is 9.26 Å². The van der Waals surface area contributed by atoms with Gasteiger partial charge in [-0.15, -0.1) is 0 Å². The van der Waals surface area contributed by atoms with Crippen LogP contribution in [0.2, 0.25) is 0 Å². The van der Waals surface area contributed by atoms with Crippen LogP contribution in [0.25, 0.3) is 11.0 Å². The Kier molecular flexibility index (Phi) is 4.17. The predicted molar refractivity (Wildman–Crippen MR) is 96.7 cm³/mol. The van der Waals surface area contributed by atoms with E-state index >= 15 is 0 Å². The van der Waals surface area contributed by atoms with Crippen molar-refractivity contribution in [2.24, 2.45) is 0 Å². The number of fused-ring (bicyclic) bond motifs is 1. The quantitative estimate of drug-likeness (QED) is 0.498. The summed E-state index contributed by atoms with van der Waals surface area (Å²) in [4.78, 5) is 33.0. The number of anilines is 1. The van der Waals surface area contributed by atoms with E-state index in [1.165, 1.54) is 0 Å². The molecule has 2 heterocycles. The van der Waals surface area contributed by atoms with E-state index in [1.807, 2.05) is 0 Å². The van der Waals surface area contributed by atoms with Gasteiger partial charge in [0.05, 0.1) is 11.0 Å². The highest BCUT2D eigenvalue weighted by atomic mass is 16.5. The van der Waals surface area contributed by atoms with E-state index in [9.17, 15) is 9.59 Å². The van der Waals surface area contributed by atoms with Crippen LogP contribution in [0.15, 0.2) is 51.8 Å². The molecule has 2 aromatic carbocycles. The number of nitrogens with zero attached hydrogens (tertiary/aromatic N) is 2. The molecule has 0 aliphatic rings. The van der Waals surface area contributed by atoms with E-state index < -0.39 is 0 Å². The summed E-state index contributed by atoms with van der Waals surface area (Å²) < 4.78 is 10.4. The van der Waals surface area contributed by atoms with Crippen LogP contribution in [0.5, 0.6) is 5.75 Å². The number of hydrogen-bond donors (Lipinski definition) is 3. The fraction of sp³-hybridized carbons (Fsp3) is 0.111. The number of nitrogens with one attached hydrogen (secondary N) is 3. The monoisotopic (exact) mass is 365 g/mol. The van der Waals surface area contributed by atoms with Crippen molar-refractivity contribution < 1.29 is 14.1 Å². The maximum atomic E-state index is 12.4. The summed E-state index contributed by atoms with van der Waals surface area (Å²) in [5.41, 5.74) is 1.97. The molecule has 9 nitrogen and oxygen atoms in total. The Bertz CT molecular complexity index is 1160. The second kappa shape index (κ2) is 6.79. The molecule has 3 N–H and O–H groups in total. The van der Waals surface area contributed by atoms with Gasteiger partial charge in [-0.25, -0.2) is 4.79 Å². The lowest BCUT2D eigenvalue weighted by molar-refractivity contribution is 0.102. The molecule has 0 spiro atoms. The van der Waals surface area contributed by atoms with Gasteiger partial charge >= 0.3 is 5.69 Å². The molecule has 27 heavy (non-hydrogen) atoms. The number of amides is 1. The maximum absolute atomic E-state index is 12.4. The minimum Gasteiger partial charge on any atom is -0.485 e. The molecule has 9 heteroatoms. The summed E-state index contributed by atoms with van der Waals surface area (Å²) in [7, 11) is 0. The van der Waals surface area contributed by atoms with Gasteiger partial charge in [0, 0.05) is 18.2 Å². The van der Waals surface area contributed by atoms with Gasteiger partial charge < -0.3 is 24.5 Å². The van der Waals surface area contributed by atoms with Crippen LogP contribution in [0, 0.1) is 6.92 Å². The number of H-pyrrole nitrogens is 2. The highest BCUT2D eigenvalue weighted by Gasteiger charge is 2.09. The molecule has 2 aromatic heterocycles. The number of aryl methyl sites for hydroxylation is 1. The Balaban J connectivity index is 1.40. The van der Waals surface area contributed by atoms with Crippen molar-refractivity contribution in [1.82, 2.24) is 20.1 Å². The standard InChI is InChI=1S/C18H15N5O4/c1-10-19-16(23-27-10)9-26-13-5-3-12(4-6-13)20-17(24)11-2-7-14-15(8-11)22-18(25)21-14/h2-8H,9H2,1H3,(H,20,24)(H2,21,22,25). The van der Waals surface area contributed by atoms with Crippen LogP contribution in [0.3, 0.4) is 0 Å². The van der Waals surface area contributed by atoms with E-state index in [2.05, 4.69) is 25.4 Å². The lowest BCUT2D eigenvalue weighted by Crippen LogP contribution is -2.11. The normalized spacial score (nSPS) is 10.9. The number of carbonyl (C=O) groups is 1. The Labute approximate surface area is 152 Å². The highest BCUT2D eigenvalue weighted by molar-refractivity contribution is 6.05. The molecule has 0 bridgehead atoms. The van der Waals surface area contributed by atoms with Crippen molar-refractivity contribution in [2.45, 2.75) is 13.5 Å². The van der Waals surface area contributed by atoms with Crippen LogP contribution in [0.1, 0.15) is 22.1 Å². The Hall–Kier alpha value is -3.88. The third kappa shape index (κ3) is 3.71. The first kappa shape index (κ1) is 16.6. The van der Waals surface area contributed by atoms with E-state index in [0.717, 1.165) is 0 Å². The Morgan fingerprint density at radius 1 is 1.15 bits per heavy atom. The fourth-order valence-electron chi connectivity index (χ4n) is 2.56. The molecular formula is C18H15N5O4. The zero-order chi connectivity index (χ0) is 18.8. The van der Waals surface area contributed by atoms with Crippen LogP contribution in [-0.2, 0) is 6.61 Å². The zero-order valence-electron chi connectivity index (χ0n) is 14.3. The number of benzene rings is 2. The highest BCUT2D eigenvalue weighted by Crippen LogP contribution is 2.18. The Morgan fingerprint density at radius 2 is 1.93 bits per heavy atom. The van der Waals surface area contributed by atoms with Crippen molar-refractivity contribution in [3.8, 4) is 5.75 Å². The maximum Gasteiger partial charge on any atom is 0.323 e. The second-order valence-electron chi connectivity index (χ2n) is 5.84. The van der Waals surface area contributed by atoms with Crippen LogP contribution in [-0.4, -0.2) is 26.0 Å². The van der Waals surface area contributed by atoms with E-state index in [0.29, 0.717) is 39.7 Å². The van der Waals surface area contributed by atoms with Gasteiger partial charge in [-0.2, -0.15) is 4.98 Å². The zero-order valence-corrected chi connectivity index (χ0v) is 14.3. The van der Waals surface area contributed by atoms with Crippen molar-refractivity contribution in [2.75, 3.05) is 5.32 Å². The molecule has 0 radical (unpaired) electrons. The van der Waals surface area contributed by atoms with Crippen LogP contribution >= 0.6 is 0 Å². The average Bonchev–Trinajstić information content (AvgIpc) is 3.24. The Morgan fingerprint density at radius 3 is 2.67 bits per heavy atom.